The zero-order valence-corrected chi connectivity index (χ0v) is 20.1. The maximum Gasteiger partial charge on any atom is 0.282 e. The molecule has 0 spiro atoms. The number of hydrogen-bond donors (Lipinski definition) is 0. The van der Waals surface area contributed by atoms with Crippen molar-refractivity contribution in [2.24, 2.45) is 5.92 Å². The number of ether oxygens (including phenoxy) is 1. The summed E-state index contributed by atoms with van der Waals surface area (Å²) in [6.07, 6.45) is 2.97. The number of imide groups is 1. The van der Waals surface area contributed by atoms with Gasteiger partial charge in [-0.25, -0.2) is 4.90 Å². The van der Waals surface area contributed by atoms with Crippen LogP contribution in [0.4, 0.5) is 5.69 Å². The predicted molar refractivity (Wildman–Crippen MR) is 132 cm³/mol. The lowest BCUT2D eigenvalue weighted by Gasteiger charge is -2.32. The number of hydrogen-bond acceptors (Lipinski definition) is 4. The van der Waals surface area contributed by atoms with E-state index in [1.165, 1.54) is 10.5 Å². The normalized spacial score (nSPS) is 17.5. The fraction of sp³-hybridized carbons (Fsp3) is 0.429. The van der Waals surface area contributed by atoms with Crippen LogP contribution in [0.25, 0.3) is 5.57 Å². The molecule has 0 saturated carbocycles. The maximum atomic E-state index is 13.7. The van der Waals surface area contributed by atoms with Crippen LogP contribution in [0.1, 0.15) is 64.0 Å². The Labute approximate surface area is 197 Å². The smallest absolute Gasteiger partial charge is 0.282 e. The number of rotatable bonds is 7. The highest BCUT2D eigenvalue weighted by Gasteiger charge is 2.43. The predicted octanol–water partition coefficient (Wildman–Crippen LogP) is 5.62. The van der Waals surface area contributed by atoms with Crippen molar-refractivity contribution in [1.29, 1.82) is 0 Å². The Hall–Kier alpha value is -3.08. The minimum Gasteiger partial charge on any atom is -0.494 e. The van der Waals surface area contributed by atoms with Crippen LogP contribution >= 0.6 is 0 Å². The van der Waals surface area contributed by atoms with E-state index in [0.717, 1.165) is 43.7 Å². The fourth-order valence-electron chi connectivity index (χ4n) is 4.48. The second-order valence-electron chi connectivity index (χ2n) is 9.46. The highest BCUT2D eigenvalue weighted by Crippen LogP contribution is 2.37. The van der Waals surface area contributed by atoms with Crippen LogP contribution in [0.5, 0.6) is 5.75 Å². The first kappa shape index (κ1) is 23.1. The molecule has 174 valence electrons. The summed E-state index contributed by atoms with van der Waals surface area (Å²) in [5.74, 6) is 1.30. The lowest BCUT2D eigenvalue weighted by molar-refractivity contribution is -0.120. The van der Waals surface area contributed by atoms with Gasteiger partial charge < -0.3 is 9.64 Å². The second kappa shape index (κ2) is 9.82. The molecule has 2 aliphatic heterocycles. The quantitative estimate of drug-likeness (QED) is 0.518. The average molecular weight is 447 g/mol. The molecule has 0 unspecified atom stereocenters. The summed E-state index contributed by atoms with van der Waals surface area (Å²) in [6.45, 7) is 10.8. The van der Waals surface area contributed by atoms with Gasteiger partial charge in [-0.05, 0) is 66.5 Å². The zero-order chi connectivity index (χ0) is 23.5. The van der Waals surface area contributed by atoms with Gasteiger partial charge >= 0.3 is 0 Å². The molecule has 5 heteroatoms. The number of likely N-dealkylation sites (tertiary alicyclic amines) is 1. The number of carbonyl (C=O) groups excluding carboxylic acids is 2. The van der Waals surface area contributed by atoms with Gasteiger partial charge in [-0.15, -0.1) is 0 Å². The monoisotopic (exact) mass is 446 g/mol. The summed E-state index contributed by atoms with van der Waals surface area (Å²) < 4.78 is 5.71. The third-order valence-electron chi connectivity index (χ3n) is 6.59. The SMILES string of the molecule is CCCOc1ccc(C2=C(N3CCC(C)CC3)C(=O)N(c3ccc(C(C)C)cc3)C2=O)cc1. The first-order valence-corrected chi connectivity index (χ1v) is 12.1. The van der Waals surface area contributed by atoms with E-state index in [-0.39, 0.29) is 11.8 Å². The van der Waals surface area contributed by atoms with Gasteiger partial charge in [0.1, 0.15) is 11.4 Å². The molecule has 2 heterocycles. The molecular weight excluding hydrogens is 412 g/mol. The summed E-state index contributed by atoms with van der Waals surface area (Å²) in [5, 5.41) is 0. The number of piperidine rings is 1. The Morgan fingerprint density at radius 1 is 0.939 bits per heavy atom. The maximum absolute atomic E-state index is 13.7. The highest BCUT2D eigenvalue weighted by molar-refractivity contribution is 6.45. The topological polar surface area (TPSA) is 49.9 Å². The molecule has 1 saturated heterocycles. The molecule has 0 aromatic heterocycles. The Bertz CT molecular complexity index is 1030. The molecule has 2 amide bonds. The van der Waals surface area contributed by atoms with Crippen molar-refractivity contribution in [3.8, 4) is 5.75 Å². The van der Waals surface area contributed by atoms with Gasteiger partial charge in [0.15, 0.2) is 0 Å². The number of amides is 2. The van der Waals surface area contributed by atoms with Gasteiger partial charge in [-0.3, -0.25) is 9.59 Å². The Kier molecular flexibility index (Phi) is 6.87. The van der Waals surface area contributed by atoms with Gasteiger partial charge in [0.05, 0.1) is 17.9 Å². The number of nitrogens with zero attached hydrogens (tertiary/aromatic N) is 2. The second-order valence-corrected chi connectivity index (χ2v) is 9.46. The summed E-state index contributed by atoms with van der Waals surface area (Å²) in [5.41, 5.74) is 3.58. The molecule has 0 N–H and O–H groups in total. The van der Waals surface area contributed by atoms with Gasteiger partial charge in [0, 0.05) is 13.1 Å². The van der Waals surface area contributed by atoms with Crippen LogP contribution < -0.4 is 9.64 Å². The van der Waals surface area contributed by atoms with Crippen molar-refractivity contribution < 1.29 is 14.3 Å². The summed E-state index contributed by atoms with van der Waals surface area (Å²) >= 11 is 0. The lowest BCUT2D eigenvalue weighted by atomic mass is 9.97. The van der Waals surface area contributed by atoms with E-state index >= 15 is 0 Å². The lowest BCUT2D eigenvalue weighted by Crippen LogP contribution is -2.38. The number of benzene rings is 2. The van der Waals surface area contributed by atoms with Crippen molar-refractivity contribution in [2.75, 3.05) is 24.6 Å². The molecule has 2 aromatic carbocycles. The largest absolute Gasteiger partial charge is 0.494 e. The summed E-state index contributed by atoms with van der Waals surface area (Å²) in [6, 6.07) is 15.3. The molecule has 1 fully saturated rings. The molecule has 4 rings (SSSR count). The van der Waals surface area contributed by atoms with Crippen molar-refractivity contribution in [1.82, 2.24) is 4.90 Å². The van der Waals surface area contributed by atoms with E-state index in [2.05, 4.69) is 32.6 Å². The molecule has 0 bridgehead atoms. The molecule has 0 aliphatic carbocycles. The Morgan fingerprint density at radius 3 is 2.15 bits per heavy atom. The van der Waals surface area contributed by atoms with Gasteiger partial charge in [0.25, 0.3) is 11.8 Å². The first-order chi connectivity index (χ1) is 15.9. The third kappa shape index (κ3) is 4.68. The number of carbonyl (C=O) groups is 2. The van der Waals surface area contributed by atoms with E-state index in [0.29, 0.717) is 35.4 Å². The zero-order valence-electron chi connectivity index (χ0n) is 20.1. The minimum atomic E-state index is -0.256. The third-order valence-corrected chi connectivity index (χ3v) is 6.59. The van der Waals surface area contributed by atoms with E-state index in [9.17, 15) is 9.59 Å². The fourth-order valence-corrected chi connectivity index (χ4v) is 4.48. The standard InChI is InChI=1S/C28H34N2O3/c1-5-18-33-24-12-8-22(9-13-24)25-26(29-16-14-20(4)15-17-29)28(32)30(27(25)31)23-10-6-21(7-11-23)19(2)3/h6-13,19-20H,5,14-18H2,1-4H3. The summed E-state index contributed by atoms with van der Waals surface area (Å²) in [7, 11) is 0. The van der Waals surface area contributed by atoms with Crippen LogP contribution in [0.15, 0.2) is 54.2 Å². The van der Waals surface area contributed by atoms with Crippen molar-refractivity contribution >= 4 is 23.1 Å². The van der Waals surface area contributed by atoms with Crippen molar-refractivity contribution in [3.05, 3.63) is 65.4 Å². The van der Waals surface area contributed by atoms with Gasteiger partial charge in [-0.2, -0.15) is 0 Å². The van der Waals surface area contributed by atoms with E-state index in [4.69, 9.17) is 4.74 Å². The Morgan fingerprint density at radius 2 is 1.58 bits per heavy atom. The molecule has 2 aromatic rings. The highest BCUT2D eigenvalue weighted by atomic mass is 16.5. The van der Waals surface area contributed by atoms with Gasteiger partial charge in [0.2, 0.25) is 0 Å². The molecule has 5 nitrogen and oxygen atoms in total. The van der Waals surface area contributed by atoms with E-state index in [1.807, 2.05) is 48.5 Å². The van der Waals surface area contributed by atoms with Crippen LogP contribution in [0.3, 0.4) is 0 Å². The summed E-state index contributed by atoms with van der Waals surface area (Å²) in [4.78, 5) is 30.8. The van der Waals surface area contributed by atoms with E-state index in [1.54, 1.807) is 0 Å². The number of anilines is 1. The van der Waals surface area contributed by atoms with Gasteiger partial charge in [-0.1, -0.05) is 52.0 Å². The Balaban J connectivity index is 1.71. The minimum absolute atomic E-state index is 0.229. The molecule has 0 atom stereocenters. The van der Waals surface area contributed by atoms with Crippen LogP contribution in [0, 0.1) is 5.92 Å². The molecule has 0 radical (unpaired) electrons. The van der Waals surface area contributed by atoms with Crippen molar-refractivity contribution in [3.63, 3.8) is 0 Å². The van der Waals surface area contributed by atoms with E-state index < -0.39 is 0 Å². The van der Waals surface area contributed by atoms with Crippen LogP contribution in [-0.4, -0.2) is 36.4 Å². The molecule has 2 aliphatic rings. The van der Waals surface area contributed by atoms with Crippen LogP contribution in [-0.2, 0) is 9.59 Å². The average Bonchev–Trinajstić information content (AvgIpc) is 3.08. The molecular formula is C28H34N2O3. The van der Waals surface area contributed by atoms with Crippen molar-refractivity contribution in [2.45, 2.75) is 52.9 Å². The first-order valence-electron chi connectivity index (χ1n) is 12.1. The molecule has 33 heavy (non-hydrogen) atoms. The van der Waals surface area contributed by atoms with Crippen LogP contribution in [0.2, 0.25) is 0 Å².